The summed E-state index contributed by atoms with van der Waals surface area (Å²) in [6.45, 7) is 11.3. The predicted molar refractivity (Wildman–Crippen MR) is 133 cm³/mol. The molecular weight excluding hydrogens is 464 g/mol. The fraction of sp³-hybridized carbons (Fsp3) is 0.654. The third-order valence-corrected chi connectivity index (χ3v) is 6.73. The Hall–Kier alpha value is -2.85. The van der Waals surface area contributed by atoms with Crippen molar-refractivity contribution in [3.05, 3.63) is 23.8 Å². The van der Waals surface area contributed by atoms with E-state index in [0.717, 1.165) is 49.5 Å². The van der Waals surface area contributed by atoms with Crippen LogP contribution in [0.25, 0.3) is 0 Å². The molecule has 0 aliphatic carbocycles. The number of ether oxygens (including phenoxy) is 2. The Morgan fingerprint density at radius 3 is 2.50 bits per heavy atom. The molecule has 36 heavy (non-hydrogen) atoms. The molecule has 0 spiro atoms. The quantitative estimate of drug-likeness (QED) is 0.270. The van der Waals surface area contributed by atoms with Crippen molar-refractivity contribution in [2.75, 3.05) is 39.5 Å². The van der Waals surface area contributed by atoms with Crippen LogP contribution >= 0.6 is 0 Å². The van der Waals surface area contributed by atoms with Crippen LogP contribution in [0.5, 0.6) is 11.5 Å². The Balaban J connectivity index is 1.59. The van der Waals surface area contributed by atoms with E-state index in [1.165, 1.54) is 0 Å². The molecule has 3 amide bonds. The maximum absolute atomic E-state index is 13.5. The van der Waals surface area contributed by atoms with Crippen LogP contribution in [0.1, 0.15) is 52.5 Å². The molecule has 2 aliphatic rings. The number of unbranched alkanes of at least 4 members (excludes halogenated alkanes) is 1. The number of rotatable bonds is 11. The van der Waals surface area contributed by atoms with Crippen molar-refractivity contribution < 1.29 is 29.1 Å². The zero-order valence-corrected chi connectivity index (χ0v) is 21.9. The van der Waals surface area contributed by atoms with E-state index in [0.29, 0.717) is 31.0 Å². The lowest BCUT2D eigenvalue weighted by Gasteiger charge is -2.40. The number of hydroxylamine groups is 2. The molecular formula is C26H40N4O6. The van der Waals surface area contributed by atoms with Gasteiger partial charge in [0, 0.05) is 32.7 Å². The summed E-state index contributed by atoms with van der Waals surface area (Å²) in [6.07, 6.45) is 2.48. The van der Waals surface area contributed by atoms with Gasteiger partial charge in [-0.25, -0.2) is 5.06 Å². The molecule has 0 aromatic heterocycles. The van der Waals surface area contributed by atoms with Gasteiger partial charge in [0.25, 0.3) is 0 Å². The average molecular weight is 505 g/mol. The lowest BCUT2D eigenvalue weighted by Crippen LogP contribution is -2.59. The van der Waals surface area contributed by atoms with Crippen LogP contribution in [-0.2, 0) is 20.9 Å². The largest absolute Gasteiger partial charge is 0.454 e. The number of piperazine rings is 1. The van der Waals surface area contributed by atoms with Gasteiger partial charge in [-0.05, 0) is 29.5 Å². The van der Waals surface area contributed by atoms with Crippen LogP contribution in [0.4, 0.5) is 0 Å². The summed E-state index contributed by atoms with van der Waals surface area (Å²) in [6, 6.07) is 5.24. The van der Waals surface area contributed by atoms with E-state index in [1.54, 1.807) is 0 Å². The second kappa shape index (κ2) is 12.4. The van der Waals surface area contributed by atoms with Gasteiger partial charge < -0.3 is 19.7 Å². The zero-order chi connectivity index (χ0) is 26.3. The van der Waals surface area contributed by atoms with Crippen LogP contribution in [0.3, 0.4) is 0 Å². The van der Waals surface area contributed by atoms with E-state index < -0.39 is 17.4 Å². The molecule has 1 aromatic rings. The first-order valence-corrected chi connectivity index (χ1v) is 12.7. The number of hydrogen-bond donors (Lipinski definition) is 2. The molecule has 2 aliphatic heterocycles. The highest BCUT2D eigenvalue weighted by atomic mass is 16.7. The van der Waals surface area contributed by atoms with Crippen LogP contribution in [0.2, 0.25) is 0 Å². The van der Waals surface area contributed by atoms with Gasteiger partial charge in [0.15, 0.2) is 11.5 Å². The minimum absolute atomic E-state index is 0.0983. The van der Waals surface area contributed by atoms with Crippen molar-refractivity contribution >= 4 is 18.2 Å². The molecule has 1 saturated heterocycles. The lowest BCUT2D eigenvalue weighted by molar-refractivity contribution is -0.155. The normalized spacial score (nSPS) is 17.4. The zero-order valence-electron chi connectivity index (χ0n) is 21.9. The molecule has 1 aromatic carbocycles. The maximum atomic E-state index is 13.5. The molecule has 200 valence electrons. The number of amides is 3. The van der Waals surface area contributed by atoms with Crippen LogP contribution in [-0.4, -0.2) is 83.9 Å². The molecule has 2 heterocycles. The number of hydrogen-bond acceptors (Lipinski definition) is 7. The monoisotopic (exact) mass is 504 g/mol. The molecule has 3 rings (SSSR count). The molecule has 0 bridgehead atoms. The summed E-state index contributed by atoms with van der Waals surface area (Å²) >= 11 is 0. The number of nitrogens with zero attached hydrogens (tertiary/aromatic N) is 3. The summed E-state index contributed by atoms with van der Waals surface area (Å²) in [7, 11) is 0. The molecule has 10 nitrogen and oxygen atoms in total. The summed E-state index contributed by atoms with van der Waals surface area (Å²) in [5.41, 5.74) is 0.625. The second-order valence-electron chi connectivity index (χ2n) is 10.7. The summed E-state index contributed by atoms with van der Waals surface area (Å²) in [5, 5.41) is 13.1. The van der Waals surface area contributed by atoms with Gasteiger partial charge in [-0.2, -0.15) is 0 Å². The Morgan fingerprint density at radius 1 is 1.17 bits per heavy atom. The number of carbonyl (C=O) groups is 3. The Morgan fingerprint density at radius 2 is 1.86 bits per heavy atom. The van der Waals surface area contributed by atoms with E-state index in [4.69, 9.17) is 9.47 Å². The van der Waals surface area contributed by atoms with E-state index in [2.05, 4.69) is 10.2 Å². The molecule has 2 N–H and O–H groups in total. The first kappa shape index (κ1) is 27.7. The van der Waals surface area contributed by atoms with Gasteiger partial charge in [0.1, 0.15) is 6.04 Å². The fourth-order valence-electron chi connectivity index (χ4n) is 4.54. The van der Waals surface area contributed by atoms with E-state index in [9.17, 15) is 19.6 Å². The van der Waals surface area contributed by atoms with Crippen molar-refractivity contribution in [1.29, 1.82) is 0 Å². The van der Waals surface area contributed by atoms with Crippen molar-refractivity contribution in [1.82, 2.24) is 20.2 Å². The predicted octanol–water partition coefficient (Wildman–Crippen LogP) is 2.24. The highest BCUT2D eigenvalue weighted by Crippen LogP contribution is 2.33. The van der Waals surface area contributed by atoms with Crippen LogP contribution < -0.4 is 14.8 Å². The Kier molecular flexibility index (Phi) is 9.56. The lowest BCUT2D eigenvalue weighted by atomic mass is 9.85. The number of benzene rings is 1. The molecule has 1 fully saturated rings. The fourth-order valence-corrected chi connectivity index (χ4v) is 4.54. The van der Waals surface area contributed by atoms with Crippen molar-refractivity contribution in [3.63, 3.8) is 0 Å². The van der Waals surface area contributed by atoms with E-state index in [-0.39, 0.29) is 25.2 Å². The third kappa shape index (κ3) is 7.33. The van der Waals surface area contributed by atoms with Gasteiger partial charge in [-0.15, -0.1) is 0 Å². The van der Waals surface area contributed by atoms with Gasteiger partial charge in [0.05, 0.1) is 12.5 Å². The maximum Gasteiger partial charge on any atom is 0.245 e. The Bertz CT molecular complexity index is 910. The third-order valence-electron chi connectivity index (χ3n) is 6.73. The standard InChI is InChI=1S/C26H40N4O6/c1-5-6-7-20(16-30(34)17-31)24(32)27-23(26(2,3)4)25(33)29-12-10-28(11-13-29)15-19-8-9-21-22(14-19)36-18-35-21/h8-9,14,17,20,23,34H,5-7,10-13,15-16,18H2,1-4H3,(H,27,32)/t20?,23-/m1/s1. The van der Waals surface area contributed by atoms with E-state index in [1.807, 2.05) is 50.8 Å². The first-order valence-electron chi connectivity index (χ1n) is 12.7. The van der Waals surface area contributed by atoms with Gasteiger partial charge >= 0.3 is 0 Å². The number of carbonyl (C=O) groups excluding carboxylic acids is 3. The SMILES string of the molecule is CCCCC(CN(O)C=O)C(=O)N[C@H](C(=O)N1CCN(Cc2ccc3c(c2)OCO3)CC1)C(C)(C)C. The molecule has 10 heteroatoms. The van der Waals surface area contributed by atoms with Gasteiger partial charge in [0.2, 0.25) is 25.0 Å². The van der Waals surface area contributed by atoms with Crippen molar-refractivity contribution in [2.45, 2.75) is 59.5 Å². The van der Waals surface area contributed by atoms with E-state index >= 15 is 0 Å². The number of fused-ring (bicyclic) bond motifs is 1. The van der Waals surface area contributed by atoms with Crippen LogP contribution in [0.15, 0.2) is 18.2 Å². The molecule has 0 radical (unpaired) electrons. The van der Waals surface area contributed by atoms with Crippen LogP contribution in [0, 0.1) is 11.3 Å². The minimum Gasteiger partial charge on any atom is -0.454 e. The highest BCUT2D eigenvalue weighted by molar-refractivity contribution is 5.89. The summed E-state index contributed by atoms with van der Waals surface area (Å²) in [5.74, 6) is 0.512. The number of nitrogens with one attached hydrogen (secondary N) is 1. The molecule has 0 saturated carbocycles. The molecule has 1 unspecified atom stereocenters. The average Bonchev–Trinajstić information content (AvgIpc) is 3.32. The molecule has 2 atom stereocenters. The highest BCUT2D eigenvalue weighted by Gasteiger charge is 2.38. The minimum atomic E-state index is -0.710. The second-order valence-corrected chi connectivity index (χ2v) is 10.7. The topological polar surface area (TPSA) is 112 Å². The van der Waals surface area contributed by atoms with Crippen molar-refractivity contribution in [2.24, 2.45) is 11.3 Å². The smallest absolute Gasteiger partial charge is 0.245 e. The van der Waals surface area contributed by atoms with Gasteiger partial charge in [-0.3, -0.25) is 24.5 Å². The van der Waals surface area contributed by atoms with Crippen molar-refractivity contribution in [3.8, 4) is 11.5 Å². The first-order chi connectivity index (χ1) is 17.1. The Labute approximate surface area is 213 Å². The van der Waals surface area contributed by atoms with Gasteiger partial charge in [-0.1, -0.05) is 46.6 Å². The summed E-state index contributed by atoms with van der Waals surface area (Å²) in [4.78, 5) is 41.7. The summed E-state index contributed by atoms with van der Waals surface area (Å²) < 4.78 is 10.9.